The maximum Gasteiger partial charge on any atom is 0.324 e. The second-order valence-electron chi connectivity index (χ2n) is 4.12. The van der Waals surface area contributed by atoms with Crippen LogP contribution in [0.3, 0.4) is 0 Å². The highest BCUT2D eigenvalue weighted by molar-refractivity contribution is 9.11. The summed E-state index contributed by atoms with van der Waals surface area (Å²) in [6.45, 7) is 2.66. The summed E-state index contributed by atoms with van der Waals surface area (Å²) in [5, 5.41) is 2.57. The molecule has 1 heterocycles. The summed E-state index contributed by atoms with van der Waals surface area (Å²) in [7, 11) is 0. The van der Waals surface area contributed by atoms with Crippen LogP contribution >= 0.6 is 31.9 Å². The van der Waals surface area contributed by atoms with Gasteiger partial charge in [0.2, 0.25) is 0 Å². The van der Waals surface area contributed by atoms with Crippen molar-refractivity contribution in [3.05, 3.63) is 26.6 Å². The highest BCUT2D eigenvalue weighted by atomic mass is 79.9. The van der Waals surface area contributed by atoms with Crippen molar-refractivity contribution in [3.63, 3.8) is 0 Å². The lowest BCUT2D eigenvalue weighted by Crippen LogP contribution is -2.37. The first-order chi connectivity index (χ1) is 8.99. The van der Waals surface area contributed by atoms with E-state index in [0.717, 1.165) is 19.4 Å². The molecule has 0 unspecified atom stereocenters. The van der Waals surface area contributed by atoms with Gasteiger partial charge in [-0.1, -0.05) is 0 Å². The molecule has 3 amide bonds. The Hall–Kier alpha value is -1.08. The minimum atomic E-state index is -0.365. The summed E-state index contributed by atoms with van der Waals surface area (Å²) in [6.07, 6.45) is 0. The van der Waals surface area contributed by atoms with E-state index in [9.17, 15) is 9.59 Å². The smallest absolute Gasteiger partial charge is 0.324 e. The van der Waals surface area contributed by atoms with E-state index in [0.29, 0.717) is 18.8 Å². The standard InChI is InChI=1S/C12H12Br2N2O3/c1-7-4-8(13)11(9(14)5-7)19-6-10(17)16-3-2-15-12(16)18/h4-5H,2-3,6H2,1H3,(H,15,18). The van der Waals surface area contributed by atoms with E-state index >= 15 is 0 Å². The van der Waals surface area contributed by atoms with Crippen molar-refractivity contribution in [2.45, 2.75) is 6.92 Å². The van der Waals surface area contributed by atoms with Crippen LogP contribution in [-0.4, -0.2) is 36.5 Å². The third-order valence-corrected chi connectivity index (χ3v) is 3.82. The second kappa shape index (κ2) is 5.92. The summed E-state index contributed by atoms with van der Waals surface area (Å²) in [5.41, 5.74) is 1.07. The second-order valence-corrected chi connectivity index (χ2v) is 5.83. The largest absolute Gasteiger partial charge is 0.481 e. The normalized spacial score (nSPS) is 14.5. The molecule has 7 heteroatoms. The molecule has 0 aliphatic carbocycles. The highest BCUT2D eigenvalue weighted by Crippen LogP contribution is 2.34. The van der Waals surface area contributed by atoms with E-state index in [1.807, 2.05) is 19.1 Å². The van der Waals surface area contributed by atoms with E-state index in [2.05, 4.69) is 37.2 Å². The van der Waals surface area contributed by atoms with Crippen molar-refractivity contribution in [1.82, 2.24) is 10.2 Å². The van der Waals surface area contributed by atoms with Gasteiger partial charge < -0.3 is 10.1 Å². The van der Waals surface area contributed by atoms with E-state index in [1.54, 1.807) is 0 Å². The average Bonchev–Trinajstić information content (AvgIpc) is 2.73. The Morgan fingerprint density at radius 3 is 2.58 bits per heavy atom. The fourth-order valence-corrected chi connectivity index (χ4v) is 3.39. The highest BCUT2D eigenvalue weighted by Gasteiger charge is 2.26. The van der Waals surface area contributed by atoms with Crippen LogP contribution in [-0.2, 0) is 4.79 Å². The van der Waals surface area contributed by atoms with Crippen molar-refractivity contribution < 1.29 is 14.3 Å². The van der Waals surface area contributed by atoms with Crippen LogP contribution in [0.5, 0.6) is 5.75 Å². The predicted molar refractivity (Wildman–Crippen MR) is 77.2 cm³/mol. The Balaban J connectivity index is 2.03. The molecule has 0 bridgehead atoms. The van der Waals surface area contributed by atoms with Crippen LogP contribution in [0.15, 0.2) is 21.1 Å². The number of halogens is 2. The minimum Gasteiger partial charge on any atom is -0.481 e. The molecule has 1 aliphatic rings. The Kier molecular flexibility index (Phi) is 4.46. The topological polar surface area (TPSA) is 58.6 Å². The molecule has 19 heavy (non-hydrogen) atoms. The van der Waals surface area contributed by atoms with Crippen LogP contribution in [0.4, 0.5) is 4.79 Å². The van der Waals surface area contributed by atoms with Crippen molar-refractivity contribution in [2.75, 3.05) is 19.7 Å². The molecule has 1 fully saturated rings. The minimum absolute atomic E-state index is 0.173. The first kappa shape index (κ1) is 14.3. The van der Waals surface area contributed by atoms with Gasteiger partial charge in [0.05, 0.1) is 8.95 Å². The van der Waals surface area contributed by atoms with Gasteiger partial charge in [-0.25, -0.2) is 4.79 Å². The molecular formula is C12H12Br2N2O3. The van der Waals surface area contributed by atoms with Crippen LogP contribution in [0.1, 0.15) is 5.56 Å². The van der Waals surface area contributed by atoms with E-state index in [4.69, 9.17) is 4.74 Å². The lowest BCUT2D eigenvalue weighted by atomic mass is 10.2. The first-order valence-corrected chi connectivity index (χ1v) is 7.24. The van der Waals surface area contributed by atoms with E-state index in [-0.39, 0.29) is 18.5 Å². The van der Waals surface area contributed by atoms with Crippen LogP contribution in [0.2, 0.25) is 0 Å². The summed E-state index contributed by atoms with van der Waals surface area (Å²) < 4.78 is 7.00. The number of hydrogen-bond donors (Lipinski definition) is 1. The van der Waals surface area contributed by atoms with Crippen molar-refractivity contribution in [3.8, 4) is 5.75 Å². The number of rotatable bonds is 3. The zero-order chi connectivity index (χ0) is 14.0. The van der Waals surface area contributed by atoms with Crippen molar-refractivity contribution in [1.29, 1.82) is 0 Å². The molecular weight excluding hydrogens is 380 g/mol. The quantitative estimate of drug-likeness (QED) is 0.860. The molecule has 1 saturated heterocycles. The van der Waals surface area contributed by atoms with E-state index in [1.165, 1.54) is 0 Å². The fraction of sp³-hybridized carbons (Fsp3) is 0.333. The average molecular weight is 392 g/mol. The van der Waals surface area contributed by atoms with Crippen molar-refractivity contribution in [2.24, 2.45) is 0 Å². The summed E-state index contributed by atoms with van der Waals surface area (Å²) >= 11 is 6.77. The van der Waals surface area contributed by atoms with Gasteiger partial charge in [0.15, 0.2) is 6.61 Å². The number of nitrogens with one attached hydrogen (secondary N) is 1. The molecule has 0 atom stereocenters. The maximum absolute atomic E-state index is 11.8. The van der Waals surface area contributed by atoms with Gasteiger partial charge in [0.1, 0.15) is 5.75 Å². The zero-order valence-corrected chi connectivity index (χ0v) is 13.4. The number of amides is 3. The number of hydrogen-bond acceptors (Lipinski definition) is 3. The molecule has 102 valence electrons. The molecule has 1 aliphatic heterocycles. The number of carbonyl (C=O) groups is 2. The van der Waals surface area contributed by atoms with Gasteiger partial charge in [0.25, 0.3) is 5.91 Å². The third-order valence-electron chi connectivity index (χ3n) is 2.64. The molecule has 0 saturated carbocycles. The van der Waals surface area contributed by atoms with Gasteiger partial charge in [0, 0.05) is 13.1 Å². The Morgan fingerprint density at radius 2 is 2.05 bits per heavy atom. The van der Waals surface area contributed by atoms with Gasteiger partial charge in [-0.2, -0.15) is 0 Å². The first-order valence-electron chi connectivity index (χ1n) is 5.65. The summed E-state index contributed by atoms with van der Waals surface area (Å²) in [5.74, 6) is 0.202. The molecule has 1 aromatic carbocycles. The van der Waals surface area contributed by atoms with Gasteiger partial charge in [-0.15, -0.1) is 0 Å². The van der Waals surface area contributed by atoms with Gasteiger partial charge in [-0.05, 0) is 56.5 Å². The maximum atomic E-state index is 11.8. The lowest BCUT2D eigenvalue weighted by Gasteiger charge is -2.14. The number of carbonyl (C=O) groups excluding carboxylic acids is 2. The number of imide groups is 1. The molecule has 2 rings (SSSR count). The zero-order valence-electron chi connectivity index (χ0n) is 10.2. The monoisotopic (exact) mass is 390 g/mol. The van der Waals surface area contributed by atoms with Gasteiger partial charge in [-0.3, -0.25) is 9.69 Å². The molecule has 5 nitrogen and oxygen atoms in total. The fourth-order valence-electron chi connectivity index (χ4n) is 1.75. The summed E-state index contributed by atoms with van der Waals surface area (Å²) in [6, 6.07) is 3.43. The number of aryl methyl sites for hydroxylation is 1. The number of benzene rings is 1. The molecule has 1 aromatic rings. The summed E-state index contributed by atoms with van der Waals surface area (Å²) in [4.78, 5) is 24.3. The predicted octanol–water partition coefficient (Wildman–Crippen LogP) is 2.45. The van der Waals surface area contributed by atoms with Gasteiger partial charge >= 0.3 is 6.03 Å². The molecule has 1 N–H and O–H groups in total. The van der Waals surface area contributed by atoms with Crippen LogP contribution in [0, 0.1) is 6.92 Å². The van der Waals surface area contributed by atoms with Crippen LogP contribution in [0.25, 0.3) is 0 Å². The number of ether oxygens (including phenoxy) is 1. The Morgan fingerprint density at radius 1 is 1.42 bits per heavy atom. The van der Waals surface area contributed by atoms with E-state index < -0.39 is 0 Å². The molecule has 0 radical (unpaired) electrons. The Bertz CT molecular complexity index is 511. The van der Waals surface area contributed by atoms with Crippen molar-refractivity contribution >= 4 is 43.8 Å². The number of urea groups is 1. The Labute approximate surface area is 127 Å². The molecule has 0 spiro atoms. The third kappa shape index (κ3) is 3.27. The SMILES string of the molecule is Cc1cc(Br)c(OCC(=O)N2CCNC2=O)c(Br)c1. The number of nitrogens with zero attached hydrogens (tertiary/aromatic N) is 1. The molecule has 0 aromatic heterocycles. The lowest BCUT2D eigenvalue weighted by molar-refractivity contribution is -0.129. The van der Waals surface area contributed by atoms with Crippen LogP contribution < -0.4 is 10.1 Å².